The fourth-order valence-corrected chi connectivity index (χ4v) is 2.74. The summed E-state index contributed by atoms with van der Waals surface area (Å²) in [5.41, 5.74) is 1.34. The Morgan fingerprint density at radius 3 is 2.80 bits per heavy atom. The molecular weight excluding hydrogens is 262 g/mol. The van der Waals surface area contributed by atoms with Crippen molar-refractivity contribution in [3.8, 4) is 0 Å². The Morgan fingerprint density at radius 2 is 2.15 bits per heavy atom. The van der Waals surface area contributed by atoms with Gasteiger partial charge in [0.15, 0.2) is 6.23 Å². The Labute approximate surface area is 114 Å². The van der Waals surface area contributed by atoms with Gasteiger partial charge in [-0.25, -0.2) is 0 Å². The number of amides is 3. The molecule has 20 heavy (non-hydrogen) atoms. The van der Waals surface area contributed by atoms with Crippen LogP contribution in [0, 0.1) is 6.92 Å². The number of pyridine rings is 1. The molecule has 0 radical (unpaired) electrons. The molecule has 1 fully saturated rings. The minimum absolute atomic E-state index is 0.153. The fourth-order valence-electron chi connectivity index (χ4n) is 2.74. The van der Waals surface area contributed by atoms with E-state index in [4.69, 9.17) is 0 Å². The monoisotopic (exact) mass is 275 g/mol. The number of aliphatic hydroxyl groups excluding tert-OH is 1. The molecule has 2 atom stereocenters. The third kappa shape index (κ3) is 1.70. The van der Waals surface area contributed by atoms with E-state index < -0.39 is 24.1 Å². The molecule has 2 N–H and O–H groups in total. The van der Waals surface area contributed by atoms with Crippen molar-refractivity contribution in [2.45, 2.75) is 32.0 Å². The van der Waals surface area contributed by atoms with Crippen molar-refractivity contribution in [2.24, 2.45) is 0 Å². The average Bonchev–Trinajstić information content (AvgIpc) is 2.64. The van der Waals surface area contributed by atoms with E-state index in [9.17, 15) is 19.5 Å². The highest BCUT2D eigenvalue weighted by molar-refractivity contribution is 6.05. The first-order valence-electron chi connectivity index (χ1n) is 6.30. The molecule has 104 valence electrons. The van der Waals surface area contributed by atoms with Gasteiger partial charge in [-0.2, -0.15) is 0 Å². The second-order valence-electron chi connectivity index (χ2n) is 4.91. The maximum absolute atomic E-state index is 12.4. The summed E-state index contributed by atoms with van der Waals surface area (Å²) in [7, 11) is 0. The number of fused-ring (bicyclic) bond motifs is 1. The van der Waals surface area contributed by atoms with Gasteiger partial charge < -0.3 is 5.11 Å². The molecule has 0 aromatic carbocycles. The van der Waals surface area contributed by atoms with Crippen molar-refractivity contribution in [3.63, 3.8) is 0 Å². The van der Waals surface area contributed by atoms with Crippen LogP contribution in [0.1, 0.15) is 40.7 Å². The van der Waals surface area contributed by atoms with Gasteiger partial charge in [0.25, 0.3) is 5.91 Å². The molecule has 7 nitrogen and oxygen atoms in total. The van der Waals surface area contributed by atoms with Gasteiger partial charge in [0.2, 0.25) is 11.8 Å². The van der Waals surface area contributed by atoms with Crippen molar-refractivity contribution in [1.29, 1.82) is 0 Å². The van der Waals surface area contributed by atoms with Crippen LogP contribution in [-0.4, -0.2) is 38.8 Å². The van der Waals surface area contributed by atoms with Crippen molar-refractivity contribution in [1.82, 2.24) is 15.2 Å². The van der Waals surface area contributed by atoms with Crippen LogP contribution in [0.5, 0.6) is 0 Å². The molecule has 0 bridgehead atoms. The maximum Gasteiger partial charge on any atom is 0.257 e. The molecule has 2 unspecified atom stereocenters. The first kappa shape index (κ1) is 12.7. The third-order valence-corrected chi connectivity index (χ3v) is 3.72. The van der Waals surface area contributed by atoms with Crippen LogP contribution in [0.15, 0.2) is 12.3 Å². The van der Waals surface area contributed by atoms with Crippen LogP contribution in [0.4, 0.5) is 0 Å². The maximum atomic E-state index is 12.4. The van der Waals surface area contributed by atoms with E-state index in [1.807, 2.05) is 0 Å². The van der Waals surface area contributed by atoms with E-state index in [-0.39, 0.29) is 18.7 Å². The second-order valence-corrected chi connectivity index (χ2v) is 4.91. The molecule has 1 aromatic rings. The summed E-state index contributed by atoms with van der Waals surface area (Å²) < 4.78 is 0. The zero-order chi connectivity index (χ0) is 14.4. The summed E-state index contributed by atoms with van der Waals surface area (Å²) in [6, 6.07) is 0.696. The lowest BCUT2D eigenvalue weighted by atomic mass is 10.0. The van der Waals surface area contributed by atoms with E-state index >= 15 is 0 Å². The van der Waals surface area contributed by atoms with Gasteiger partial charge >= 0.3 is 0 Å². The normalized spacial score (nSPS) is 25.7. The Morgan fingerprint density at radius 1 is 1.40 bits per heavy atom. The largest absolute Gasteiger partial charge is 0.369 e. The number of nitrogens with zero attached hydrogens (tertiary/aromatic N) is 2. The molecule has 1 saturated heterocycles. The van der Waals surface area contributed by atoms with Gasteiger partial charge in [0, 0.05) is 23.9 Å². The molecule has 0 spiro atoms. The Bertz CT molecular complexity index is 628. The SMILES string of the molecule is Cc1nccc2c1C(O)N(C1CCC(=O)NC1=O)C2=O. The molecule has 0 saturated carbocycles. The smallest absolute Gasteiger partial charge is 0.257 e. The predicted octanol–water partition coefficient (Wildman–Crippen LogP) is -0.358. The number of carbonyl (C=O) groups is 3. The summed E-state index contributed by atoms with van der Waals surface area (Å²) in [4.78, 5) is 40.6. The number of carbonyl (C=O) groups excluding carboxylic acids is 3. The van der Waals surface area contributed by atoms with E-state index in [1.54, 1.807) is 6.92 Å². The minimum atomic E-state index is -1.20. The predicted molar refractivity (Wildman–Crippen MR) is 66.3 cm³/mol. The van der Waals surface area contributed by atoms with Crippen LogP contribution in [-0.2, 0) is 9.59 Å². The molecular formula is C13H13N3O4. The summed E-state index contributed by atoms with van der Waals surface area (Å²) in [5.74, 6) is -1.32. The number of rotatable bonds is 1. The van der Waals surface area contributed by atoms with Crippen molar-refractivity contribution in [3.05, 3.63) is 29.1 Å². The summed E-state index contributed by atoms with van der Waals surface area (Å²) in [5, 5.41) is 12.5. The van der Waals surface area contributed by atoms with Crippen LogP contribution in [0.2, 0.25) is 0 Å². The number of imide groups is 1. The van der Waals surface area contributed by atoms with Gasteiger partial charge in [0.1, 0.15) is 6.04 Å². The third-order valence-electron chi connectivity index (χ3n) is 3.72. The molecule has 3 heterocycles. The highest BCUT2D eigenvalue weighted by atomic mass is 16.3. The van der Waals surface area contributed by atoms with Gasteiger partial charge in [0.05, 0.1) is 5.56 Å². The van der Waals surface area contributed by atoms with E-state index in [0.717, 1.165) is 4.90 Å². The van der Waals surface area contributed by atoms with Gasteiger partial charge in [-0.05, 0) is 19.4 Å². The number of aromatic nitrogens is 1. The summed E-state index contributed by atoms with van der Waals surface area (Å²) in [6.45, 7) is 1.70. The topological polar surface area (TPSA) is 99.6 Å². The Hall–Kier alpha value is -2.28. The molecule has 2 aliphatic rings. The van der Waals surface area contributed by atoms with E-state index in [0.29, 0.717) is 16.8 Å². The number of hydrogen-bond donors (Lipinski definition) is 2. The number of hydrogen-bond acceptors (Lipinski definition) is 5. The fraction of sp³-hybridized carbons (Fsp3) is 0.385. The highest BCUT2D eigenvalue weighted by Gasteiger charge is 2.45. The average molecular weight is 275 g/mol. The lowest BCUT2D eigenvalue weighted by Gasteiger charge is -2.32. The van der Waals surface area contributed by atoms with Crippen molar-refractivity contribution < 1.29 is 19.5 Å². The molecule has 3 rings (SSSR count). The lowest BCUT2D eigenvalue weighted by molar-refractivity contribution is -0.139. The summed E-state index contributed by atoms with van der Waals surface area (Å²) in [6.07, 6.45) is 0.663. The molecule has 7 heteroatoms. The van der Waals surface area contributed by atoms with Crippen LogP contribution in [0.25, 0.3) is 0 Å². The van der Waals surface area contributed by atoms with Gasteiger partial charge in [-0.1, -0.05) is 0 Å². The molecule has 1 aromatic heterocycles. The van der Waals surface area contributed by atoms with Crippen LogP contribution in [0.3, 0.4) is 0 Å². The van der Waals surface area contributed by atoms with Gasteiger partial charge in [-0.3, -0.25) is 29.6 Å². The number of aliphatic hydroxyl groups is 1. The molecule has 3 amide bonds. The summed E-state index contributed by atoms with van der Waals surface area (Å²) >= 11 is 0. The molecule has 2 aliphatic heterocycles. The molecule has 0 aliphatic carbocycles. The lowest BCUT2D eigenvalue weighted by Crippen LogP contribution is -2.53. The van der Waals surface area contributed by atoms with Gasteiger partial charge in [-0.15, -0.1) is 0 Å². The van der Waals surface area contributed by atoms with E-state index in [1.165, 1.54) is 12.3 Å². The highest BCUT2D eigenvalue weighted by Crippen LogP contribution is 2.36. The van der Waals surface area contributed by atoms with Crippen LogP contribution >= 0.6 is 0 Å². The Kier molecular flexibility index (Phi) is 2.79. The first-order chi connectivity index (χ1) is 9.50. The van der Waals surface area contributed by atoms with E-state index in [2.05, 4.69) is 10.3 Å². The zero-order valence-electron chi connectivity index (χ0n) is 10.8. The minimum Gasteiger partial charge on any atom is -0.369 e. The van der Waals surface area contributed by atoms with Crippen LogP contribution < -0.4 is 5.32 Å². The quantitative estimate of drug-likeness (QED) is 0.682. The zero-order valence-corrected chi connectivity index (χ0v) is 10.8. The second kappa shape index (κ2) is 4.38. The number of aryl methyl sites for hydroxylation is 1. The van der Waals surface area contributed by atoms with Crippen molar-refractivity contribution >= 4 is 17.7 Å². The Balaban J connectivity index is 1.98. The number of nitrogens with one attached hydrogen (secondary N) is 1. The number of piperidine rings is 1. The first-order valence-corrected chi connectivity index (χ1v) is 6.30. The van der Waals surface area contributed by atoms with Crippen molar-refractivity contribution in [2.75, 3.05) is 0 Å². The standard InChI is InChI=1S/C13H13N3O4/c1-6-10-7(4-5-14-6)12(19)16(13(10)20)8-2-3-9(17)15-11(8)18/h4-5,8,13,20H,2-3H2,1H3,(H,15,17,18).